The zero-order chi connectivity index (χ0) is 25.9. The van der Waals surface area contributed by atoms with Crippen molar-refractivity contribution in [3.05, 3.63) is 89.1 Å². The Balaban J connectivity index is 0.000000384. The van der Waals surface area contributed by atoms with Crippen molar-refractivity contribution in [2.24, 2.45) is 5.73 Å². The number of halogens is 3. The molecule has 0 aliphatic carbocycles. The Hall–Kier alpha value is -4.31. The van der Waals surface area contributed by atoms with E-state index in [1.165, 1.54) is 0 Å². The first-order valence-electron chi connectivity index (χ1n) is 11.1. The van der Waals surface area contributed by atoms with Gasteiger partial charge in [-0.05, 0) is 36.9 Å². The van der Waals surface area contributed by atoms with Gasteiger partial charge in [-0.1, -0.05) is 54.6 Å². The summed E-state index contributed by atoms with van der Waals surface area (Å²) in [5.74, 6) is -2.76. The van der Waals surface area contributed by atoms with Crippen molar-refractivity contribution in [1.29, 1.82) is 0 Å². The number of aryl methyl sites for hydroxylation is 1. The van der Waals surface area contributed by atoms with Crippen LogP contribution in [0.15, 0.2) is 77.7 Å². The number of alkyl halides is 3. The van der Waals surface area contributed by atoms with Crippen molar-refractivity contribution in [2.45, 2.75) is 19.0 Å². The summed E-state index contributed by atoms with van der Waals surface area (Å²) in [6.45, 7) is 0.623. The summed E-state index contributed by atoms with van der Waals surface area (Å²) in [6.07, 6.45) is -1.57. The lowest BCUT2D eigenvalue weighted by atomic mass is 10.0. The monoisotopic (exact) mass is 496 g/mol. The number of imidazole rings is 1. The first kappa shape index (κ1) is 24.8. The van der Waals surface area contributed by atoms with E-state index in [9.17, 15) is 18.0 Å². The van der Waals surface area contributed by atoms with Crippen molar-refractivity contribution < 1.29 is 23.1 Å². The van der Waals surface area contributed by atoms with Crippen LogP contribution in [-0.2, 0) is 11.2 Å². The van der Waals surface area contributed by atoms with Gasteiger partial charge in [-0.25, -0.2) is 9.59 Å². The first-order chi connectivity index (χ1) is 17.2. The maximum Gasteiger partial charge on any atom is 0.490 e. The lowest BCUT2D eigenvalue weighted by Gasteiger charge is -2.12. The molecule has 7 nitrogen and oxygen atoms in total. The smallest absolute Gasteiger partial charge is 0.475 e. The Morgan fingerprint density at radius 1 is 0.972 bits per heavy atom. The highest BCUT2D eigenvalue weighted by atomic mass is 19.4. The van der Waals surface area contributed by atoms with E-state index in [-0.39, 0.29) is 5.69 Å². The fourth-order valence-electron chi connectivity index (χ4n) is 4.15. The lowest BCUT2D eigenvalue weighted by Crippen LogP contribution is -2.21. The third-order valence-corrected chi connectivity index (χ3v) is 5.70. The van der Waals surface area contributed by atoms with Crippen LogP contribution in [0.25, 0.3) is 38.6 Å². The van der Waals surface area contributed by atoms with Crippen LogP contribution >= 0.6 is 0 Å². The topological polar surface area (TPSA) is 117 Å². The van der Waals surface area contributed by atoms with Gasteiger partial charge in [0.1, 0.15) is 0 Å². The van der Waals surface area contributed by atoms with Crippen LogP contribution in [0.1, 0.15) is 12.1 Å². The van der Waals surface area contributed by atoms with E-state index >= 15 is 0 Å². The number of H-pyrrole nitrogens is 2. The minimum Gasteiger partial charge on any atom is -0.475 e. The van der Waals surface area contributed by atoms with Gasteiger partial charge in [-0.3, -0.25) is 4.57 Å². The zero-order valence-corrected chi connectivity index (χ0v) is 19.0. The maximum atomic E-state index is 12.9. The molecule has 0 aliphatic heterocycles. The van der Waals surface area contributed by atoms with Crippen molar-refractivity contribution in [1.82, 2.24) is 14.5 Å². The van der Waals surface area contributed by atoms with Crippen molar-refractivity contribution in [2.75, 3.05) is 6.54 Å². The second kappa shape index (κ2) is 10.1. The fraction of sp³-hybridized carbons (Fsp3) is 0.154. The Kier molecular flexibility index (Phi) is 6.98. The summed E-state index contributed by atoms with van der Waals surface area (Å²) in [5, 5.41) is 10.4. The molecule has 0 aliphatic rings. The van der Waals surface area contributed by atoms with E-state index in [0.717, 1.165) is 57.2 Å². The average Bonchev–Trinajstić information content (AvgIpc) is 3.41. The van der Waals surface area contributed by atoms with E-state index in [0.29, 0.717) is 6.54 Å². The van der Waals surface area contributed by atoms with Gasteiger partial charge in [-0.2, -0.15) is 13.2 Å². The number of hydrogen-bond donors (Lipinski definition) is 4. The molecule has 5 N–H and O–H groups in total. The Labute approximate surface area is 203 Å². The number of carbonyl (C=O) groups is 1. The second-order valence-corrected chi connectivity index (χ2v) is 8.03. The number of nitrogens with zero attached hydrogens (tertiary/aromatic N) is 1. The molecule has 0 saturated heterocycles. The average molecular weight is 496 g/mol. The van der Waals surface area contributed by atoms with Gasteiger partial charge in [0.05, 0.1) is 11.4 Å². The number of benzene rings is 3. The molecule has 5 aromatic rings. The molecule has 0 bridgehead atoms. The number of aliphatic carboxylic acids is 1. The van der Waals surface area contributed by atoms with Gasteiger partial charge in [0.25, 0.3) is 0 Å². The number of para-hydroxylation sites is 1. The number of nitrogens with two attached hydrogens (primary N) is 1. The van der Waals surface area contributed by atoms with E-state index in [2.05, 4.69) is 40.3 Å². The molecular weight excluding hydrogens is 473 g/mol. The van der Waals surface area contributed by atoms with Gasteiger partial charge in [0.15, 0.2) is 0 Å². The Bertz CT molecular complexity index is 1580. The van der Waals surface area contributed by atoms with Gasteiger partial charge in [0.2, 0.25) is 0 Å². The number of fused-ring (bicyclic) bond motifs is 2. The molecule has 0 atom stereocenters. The number of aromatic nitrogens is 3. The molecule has 186 valence electrons. The molecule has 2 aromatic heterocycles. The molecule has 5 rings (SSSR count). The van der Waals surface area contributed by atoms with Crippen molar-refractivity contribution in [3.8, 4) is 16.9 Å². The van der Waals surface area contributed by atoms with Crippen LogP contribution in [0.2, 0.25) is 0 Å². The molecule has 3 aromatic carbocycles. The first-order valence-corrected chi connectivity index (χ1v) is 11.1. The van der Waals surface area contributed by atoms with Gasteiger partial charge >= 0.3 is 17.8 Å². The SMILES string of the molecule is NCCCc1[nH]c2ccccc2c1-c1c[nH]c(=O)n1-c1cccc2ccccc12.O=C(O)C(F)(F)F. The van der Waals surface area contributed by atoms with Gasteiger partial charge in [0, 0.05) is 33.7 Å². The van der Waals surface area contributed by atoms with Crippen LogP contribution in [0.5, 0.6) is 0 Å². The molecule has 0 radical (unpaired) electrons. The number of hydrogen-bond acceptors (Lipinski definition) is 3. The predicted octanol–water partition coefficient (Wildman–Crippen LogP) is 4.99. The molecule has 0 unspecified atom stereocenters. The standard InChI is InChI=1S/C24H22N4O.C2HF3O2/c25-14-6-12-20-23(18-10-3-4-11-19(18)27-20)22-15-26-24(29)28(22)21-13-5-8-16-7-1-2-9-17(16)21;3-2(4,5)1(6)7/h1-5,7-11,13,15,27H,6,12,14,25H2,(H,26,29);(H,6,7). The number of aromatic amines is 2. The number of carboxylic acids is 1. The molecule has 0 spiro atoms. The van der Waals surface area contributed by atoms with E-state index in [4.69, 9.17) is 15.6 Å². The summed E-state index contributed by atoms with van der Waals surface area (Å²) in [5.41, 5.74) is 10.6. The molecule has 10 heteroatoms. The molecule has 2 heterocycles. The Morgan fingerprint density at radius 3 is 2.31 bits per heavy atom. The van der Waals surface area contributed by atoms with Crippen LogP contribution < -0.4 is 11.4 Å². The van der Waals surface area contributed by atoms with Gasteiger partial charge in [-0.15, -0.1) is 0 Å². The maximum absolute atomic E-state index is 12.9. The summed E-state index contributed by atoms with van der Waals surface area (Å²) in [6, 6.07) is 22.4. The summed E-state index contributed by atoms with van der Waals surface area (Å²) >= 11 is 0. The highest BCUT2D eigenvalue weighted by Crippen LogP contribution is 2.34. The number of nitrogens with one attached hydrogen (secondary N) is 2. The van der Waals surface area contributed by atoms with Gasteiger partial charge < -0.3 is 20.8 Å². The molecule has 0 amide bonds. The van der Waals surface area contributed by atoms with E-state index in [1.54, 1.807) is 4.57 Å². The minimum absolute atomic E-state index is 0.147. The van der Waals surface area contributed by atoms with Crippen LogP contribution in [0.3, 0.4) is 0 Å². The third kappa shape index (κ3) is 4.89. The van der Waals surface area contributed by atoms with Crippen molar-refractivity contribution >= 4 is 27.6 Å². The van der Waals surface area contributed by atoms with Crippen molar-refractivity contribution in [3.63, 3.8) is 0 Å². The van der Waals surface area contributed by atoms with Crippen LogP contribution in [0.4, 0.5) is 13.2 Å². The third-order valence-electron chi connectivity index (χ3n) is 5.70. The summed E-state index contributed by atoms with van der Waals surface area (Å²) in [4.78, 5) is 28.3. The lowest BCUT2D eigenvalue weighted by molar-refractivity contribution is -0.192. The molecule has 0 saturated carbocycles. The molecule has 36 heavy (non-hydrogen) atoms. The molecular formula is C26H23F3N4O3. The summed E-state index contributed by atoms with van der Waals surface area (Å²) in [7, 11) is 0. The number of rotatable bonds is 5. The number of carboxylic acid groups (broad SMARTS) is 1. The van der Waals surface area contributed by atoms with E-state index in [1.807, 2.05) is 42.6 Å². The zero-order valence-electron chi connectivity index (χ0n) is 19.0. The fourth-order valence-corrected chi connectivity index (χ4v) is 4.15. The van der Waals surface area contributed by atoms with E-state index < -0.39 is 12.1 Å². The molecule has 0 fully saturated rings. The normalized spacial score (nSPS) is 11.4. The largest absolute Gasteiger partial charge is 0.490 e. The highest BCUT2D eigenvalue weighted by Gasteiger charge is 2.38. The van der Waals surface area contributed by atoms with Crippen LogP contribution in [0, 0.1) is 0 Å². The highest BCUT2D eigenvalue weighted by molar-refractivity contribution is 5.98. The second-order valence-electron chi connectivity index (χ2n) is 8.03. The Morgan fingerprint density at radius 2 is 1.61 bits per heavy atom. The predicted molar refractivity (Wildman–Crippen MR) is 132 cm³/mol. The summed E-state index contributed by atoms with van der Waals surface area (Å²) < 4.78 is 33.5. The minimum atomic E-state index is -5.08. The quantitative estimate of drug-likeness (QED) is 0.274. The van der Waals surface area contributed by atoms with Crippen LogP contribution in [-0.4, -0.2) is 38.3 Å².